The first-order valence-electron chi connectivity index (χ1n) is 5.32. The second-order valence-electron chi connectivity index (χ2n) is 3.23. The first kappa shape index (κ1) is 11.8. The van der Waals surface area contributed by atoms with E-state index in [0.29, 0.717) is 6.01 Å². The zero-order chi connectivity index (χ0) is 11.1. The molecule has 1 N–H and O–H groups in total. The van der Waals surface area contributed by atoms with Crippen LogP contribution in [0.4, 0.5) is 6.01 Å². The van der Waals surface area contributed by atoms with Gasteiger partial charge in [0.25, 0.3) is 6.01 Å². The van der Waals surface area contributed by atoms with Gasteiger partial charge in [-0.2, -0.15) is 4.98 Å². The molecule has 1 aromatic rings. The summed E-state index contributed by atoms with van der Waals surface area (Å²) >= 11 is 0. The first-order valence-corrected chi connectivity index (χ1v) is 5.32. The number of nitrogens with zero attached hydrogens (tertiary/aromatic N) is 2. The molecule has 4 heteroatoms. The standard InChI is InChI=1S/C11H19N3O/c1-4-7-14(6-3)11-13-10(9-15-11)8-12-5-2/h4,9,12H,1,5-8H2,2-3H3. The first-order chi connectivity index (χ1) is 7.31. The third kappa shape index (κ3) is 3.40. The maximum absolute atomic E-state index is 5.39. The fourth-order valence-corrected chi connectivity index (χ4v) is 1.27. The number of anilines is 1. The molecule has 0 aliphatic carbocycles. The molecule has 0 spiro atoms. The van der Waals surface area contributed by atoms with E-state index in [-0.39, 0.29) is 0 Å². The molecule has 0 fully saturated rings. The molecule has 15 heavy (non-hydrogen) atoms. The van der Waals surface area contributed by atoms with Crippen LogP contribution in [0.25, 0.3) is 0 Å². The van der Waals surface area contributed by atoms with E-state index in [1.165, 1.54) is 0 Å². The number of rotatable bonds is 7. The quantitative estimate of drug-likeness (QED) is 0.695. The number of likely N-dealkylation sites (N-methyl/N-ethyl adjacent to an activating group) is 1. The summed E-state index contributed by atoms with van der Waals surface area (Å²) in [5.41, 5.74) is 0.939. The molecule has 84 valence electrons. The zero-order valence-electron chi connectivity index (χ0n) is 9.49. The highest BCUT2D eigenvalue weighted by Gasteiger charge is 2.09. The summed E-state index contributed by atoms with van der Waals surface area (Å²) in [6, 6.07) is 0.672. The second-order valence-corrected chi connectivity index (χ2v) is 3.23. The smallest absolute Gasteiger partial charge is 0.297 e. The van der Waals surface area contributed by atoms with Gasteiger partial charge >= 0.3 is 0 Å². The van der Waals surface area contributed by atoms with Crippen molar-refractivity contribution in [1.29, 1.82) is 0 Å². The molecule has 0 saturated heterocycles. The summed E-state index contributed by atoms with van der Waals surface area (Å²) < 4.78 is 5.39. The van der Waals surface area contributed by atoms with Crippen LogP contribution >= 0.6 is 0 Å². The van der Waals surface area contributed by atoms with Crippen molar-refractivity contribution in [2.24, 2.45) is 0 Å². The Labute approximate surface area is 91.0 Å². The van der Waals surface area contributed by atoms with Gasteiger partial charge in [0.05, 0.1) is 5.69 Å². The lowest BCUT2D eigenvalue weighted by molar-refractivity contribution is 0.541. The third-order valence-corrected chi connectivity index (χ3v) is 2.10. The van der Waals surface area contributed by atoms with Crippen molar-refractivity contribution in [3.05, 3.63) is 24.6 Å². The highest BCUT2D eigenvalue weighted by atomic mass is 16.4. The van der Waals surface area contributed by atoms with Crippen molar-refractivity contribution < 1.29 is 4.42 Å². The van der Waals surface area contributed by atoms with E-state index in [1.54, 1.807) is 6.26 Å². The average molecular weight is 209 g/mol. The molecule has 1 rings (SSSR count). The second kappa shape index (κ2) is 6.24. The van der Waals surface area contributed by atoms with Gasteiger partial charge in [-0.25, -0.2) is 0 Å². The van der Waals surface area contributed by atoms with E-state index in [0.717, 1.165) is 31.9 Å². The fourth-order valence-electron chi connectivity index (χ4n) is 1.27. The van der Waals surface area contributed by atoms with Crippen LogP contribution in [0.15, 0.2) is 23.3 Å². The molecule has 0 aromatic carbocycles. The molecular weight excluding hydrogens is 190 g/mol. The summed E-state index contributed by atoms with van der Waals surface area (Å²) in [6.45, 7) is 11.2. The predicted molar refractivity (Wildman–Crippen MR) is 62.0 cm³/mol. The third-order valence-electron chi connectivity index (χ3n) is 2.10. The zero-order valence-corrected chi connectivity index (χ0v) is 9.49. The Morgan fingerprint density at radius 3 is 3.00 bits per heavy atom. The lowest BCUT2D eigenvalue weighted by Crippen LogP contribution is -2.22. The Hall–Kier alpha value is -1.29. The van der Waals surface area contributed by atoms with Gasteiger partial charge in [-0.15, -0.1) is 6.58 Å². The molecule has 4 nitrogen and oxygen atoms in total. The molecule has 0 bridgehead atoms. The van der Waals surface area contributed by atoms with E-state index in [9.17, 15) is 0 Å². The molecule has 1 heterocycles. The van der Waals surface area contributed by atoms with Crippen molar-refractivity contribution in [2.75, 3.05) is 24.5 Å². The van der Waals surface area contributed by atoms with Crippen molar-refractivity contribution in [3.63, 3.8) is 0 Å². The molecule has 0 radical (unpaired) electrons. The van der Waals surface area contributed by atoms with Gasteiger partial charge in [-0.1, -0.05) is 13.0 Å². The van der Waals surface area contributed by atoms with E-state index in [4.69, 9.17) is 4.42 Å². The van der Waals surface area contributed by atoms with Crippen LogP contribution in [0.1, 0.15) is 19.5 Å². The van der Waals surface area contributed by atoms with Crippen LogP contribution in [0, 0.1) is 0 Å². The van der Waals surface area contributed by atoms with Gasteiger partial charge < -0.3 is 14.6 Å². The molecule has 0 aliphatic rings. The lowest BCUT2D eigenvalue weighted by atomic mass is 10.5. The number of hydrogen-bond donors (Lipinski definition) is 1. The van der Waals surface area contributed by atoms with Crippen LogP contribution in [0.2, 0.25) is 0 Å². The van der Waals surface area contributed by atoms with Crippen molar-refractivity contribution in [3.8, 4) is 0 Å². The molecule has 0 atom stereocenters. The maximum Gasteiger partial charge on any atom is 0.297 e. The Morgan fingerprint density at radius 2 is 2.40 bits per heavy atom. The van der Waals surface area contributed by atoms with Crippen LogP contribution in [-0.2, 0) is 6.54 Å². The van der Waals surface area contributed by atoms with E-state index < -0.39 is 0 Å². The van der Waals surface area contributed by atoms with Crippen LogP contribution < -0.4 is 10.2 Å². The highest BCUT2D eigenvalue weighted by molar-refractivity contribution is 5.27. The molecule has 0 amide bonds. The minimum Gasteiger partial charge on any atom is -0.432 e. The predicted octanol–water partition coefficient (Wildman–Crippen LogP) is 1.80. The lowest BCUT2D eigenvalue weighted by Gasteiger charge is -2.15. The Kier molecular flexibility index (Phi) is 4.90. The van der Waals surface area contributed by atoms with Crippen molar-refractivity contribution in [2.45, 2.75) is 20.4 Å². The normalized spacial score (nSPS) is 10.3. The summed E-state index contributed by atoms with van der Waals surface area (Å²) in [6.07, 6.45) is 3.54. The van der Waals surface area contributed by atoms with E-state index >= 15 is 0 Å². The van der Waals surface area contributed by atoms with E-state index in [1.807, 2.05) is 11.0 Å². The van der Waals surface area contributed by atoms with Gasteiger partial charge in [-0.3, -0.25) is 0 Å². The average Bonchev–Trinajstić information content (AvgIpc) is 2.71. The van der Waals surface area contributed by atoms with Crippen LogP contribution in [0.5, 0.6) is 0 Å². The molecular formula is C11H19N3O. The van der Waals surface area contributed by atoms with Crippen molar-refractivity contribution >= 4 is 6.01 Å². The van der Waals surface area contributed by atoms with E-state index in [2.05, 4.69) is 30.7 Å². The Morgan fingerprint density at radius 1 is 1.60 bits per heavy atom. The summed E-state index contributed by atoms with van der Waals surface area (Å²) in [4.78, 5) is 6.42. The molecule has 0 saturated carbocycles. The summed E-state index contributed by atoms with van der Waals surface area (Å²) in [5, 5.41) is 3.21. The van der Waals surface area contributed by atoms with Crippen LogP contribution in [-0.4, -0.2) is 24.6 Å². The molecule has 0 aliphatic heterocycles. The summed E-state index contributed by atoms with van der Waals surface area (Å²) in [5.74, 6) is 0. The topological polar surface area (TPSA) is 41.3 Å². The largest absolute Gasteiger partial charge is 0.432 e. The van der Waals surface area contributed by atoms with Gasteiger partial charge in [0, 0.05) is 19.6 Å². The van der Waals surface area contributed by atoms with Gasteiger partial charge in [-0.05, 0) is 13.5 Å². The van der Waals surface area contributed by atoms with Crippen LogP contribution in [0.3, 0.4) is 0 Å². The minimum absolute atomic E-state index is 0.672. The monoisotopic (exact) mass is 209 g/mol. The summed E-state index contributed by atoms with van der Waals surface area (Å²) in [7, 11) is 0. The molecule has 0 unspecified atom stereocenters. The fraction of sp³-hybridized carbons (Fsp3) is 0.545. The number of hydrogen-bond acceptors (Lipinski definition) is 4. The minimum atomic E-state index is 0.672. The number of oxazole rings is 1. The van der Waals surface area contributed by atoms with Gasteiger partial charge in [0.2, 0.25) is 0 Å². The Balaban J connectivity index is 2.60. The Bertz CT molecular complexity index is 296. The molecule has 1 aromatic heterocycles. The number of nitrogens with one attached hydrogen (secondary N) is 1. The van der Waals surface area contributed by atoms with Gasteiger partial charge in [0.1, 0.15) is 6.26 Å². The van der Waals surface area contributed by atoms with Crippen molar-refractivity contribution in [1.82, 2.24) is 10.3 Å². The maximum atomic E-state index is 5.39. The highest BCUT2D eigenvalue weighted by Crippen LogP contribution is 2.12. The van der Waals surface area contributed by atoms with Gasteiger partial charge in [0.15, 0.2) is 0 Å². The number of aromatic nitrogens is 1. The SMILES string of the molecule is C=CCN(CC)c1nc(CNCC)co1.